The van der Waals surface area contributed by atoms with Crippen molar-refractivity contribution in [1.82, 2.24) is 15.5 Å². The first-order valence-corrected chi connectivity index (χ1v) is 8.02. The second-order valence-corrected chi connectivity index (χ2v) is 5.53. The normalized spacial score (nSPS) is 12.7. The molecule has 6 heteroatoms. The third-order valence-corrected chi connectivity index (χ3v) is 3.47. The number of unbranched alkanes of at least 4 members (excludes halogenated alkanes) is 1. The number of likely N-dealkylation sites (N-methyl/N-ethyl adjacent to an activating group) is 1. The topological polar surface area (TPSA) is 39.7 Å². The van der Waals surface area contributed by atoms with Crippen LogP contribution in [0.1, 0.15) is 38.3 Å². The summed E-state index contributed by atoms with van der Waals surface area (Å²) in [4.78, 5) is 6.77. The van der Waals surface area contributed by atoms with Crippen molar-refractivity contribution in [1.29, 1.82) is 0 Å². The second kappa shape index (κ2) is 12.5. The average molecular weight is 436 g/mol. The third kappa shape index (κ3) is 8.50. The van der Waals surface area contributed by atoms with Gasteiger partial charge in [-0.2, -0.15) is 0 Å². The zero-order valence-electron chi connectivity index (χ0n) is 14.6. The lowest BCUT2D eigenvalue weighted by molar-refractivity contribution is 0.306. The minimum atomic E-state index is -0.209. The summed E-state index contributed by atoms with van der Waals surface area (Å²) in [6.07, 6.45) is 2.28. The molecule has 0 bridgehead atoms. The minimum absolute atomic E-state index is 0. The van der Waals surface area contributed by atoms with Crippen LogP contribution < -0.4 is 10.6 Å². The summed E-state index contributed by atoms with van der Waals surface area (Å²) in [5, 5.41) is 6.59. The molecule has 0 fully saturated rings. The molecule has 0 radical (unpaired) electrons. The summed E-state index contributed by atoms with van der Waals surface area (Å²) in [7, 11) is 4.03. The van der Waals surface area contributed by atoms with Crippen LogP contribution in [-0.4, -0.2) is 44.6 Å². The molecule has 1 unspecified atom stereocenters. The molecule has 1 aromatic rings. The van der Waals surface area contributed by atoms with Gasteiger partial charge in [-0.15, -0.1) is 24.0 Å². The van der Waals surface area contributed by atoms with E-state index in [2.05, 4.69) is 34.4 Å². The van der Waals surface area contributed by atoms with Crippen LogP contribution in [0.5, 0.6) is 0 Å². The summed E-state index contributed by atoms with van der Waals surface area (Å²) >= 11 is 0. The van der Waals surface area contributed by atoms with Gasteiger partial charge in [-0.3, -0.25) is 4.99 Å². The third-order valence-electron chi connectivity index (χ3n) is 3.47. The van der Waals surface area contributed by atoms with Gasteiger partial charge in [0.2, 0.25) is 0 Å². The van der Waals surface area contributed by atoms with Gasteiger partial charge in [0.25, 0.3) is 0 Å². The summed E-state index contributed by atoms with van der Waals surface area (Å²) in [5.41, 5.74) is 1.07. The van der Waals surface area contributed by atoms with Crippen LogP contribution >= 0.6 is 24.0 Å². The quantitative estimate of drug-likeness (QED) is 0.284. The zero-order chi connectivity index (χ0) is 16.4. The number of aliphatic imine (C=N–C) groups is 1. The van der Waals surface area contributed by atoms with Crippen LogP contribution in [0.2, 0.25) is 0 Å². The van der Waals surface area contributed by atoms with E-state index in [0.29, 0.717) is 6.54 Å². The smallest absolute Gasteiger partial charge is 0.191 e. The first kappa shape index (κ1) is 22.1. The number of hydrogen-bond donors (Lipinski definition) is 2. The Morgan fingerprint density at radius 2 is 1.83 bits per heavy atom. The standard InChI is InChI=1S/C17H29FN4.HI/c1-5-7-12-20-17(19-6-2)21-13-16(22(3)4)14-8-10-15(18)11-9-14;/h8-11,16H,5-7,12-13H2,1-4H3,(H2,19,20,21);1H. The Labute approximate surface area is 157 Å². The number of halogens is 2. The van der Waals surface area contributed by atoms with Gasteiger partial charge < -0.3 is 15.5 Å². The Balaban J connectivity index is 0.00000484. The molecule has 0 amide bonds. The first-order chi connectivity index (χ1) is 10.6. The molecular formula is C17H30FIN4. The summed E-state index contributed by atoms with van der Waals surface area (Å²) in [5.74, 6) is 0.629. The number of nitrogens with one attached hydrogen (secondary N) is 2. The maximum absolute atomic E-state index is 13.1. The van der Waals surface area contributed by atoms with E-state index >= 15 is 0 Å². The second-order valence-electron chi connectivity index (χ2n) is 5.53. The highest BCUT2D eigenvalue weighted by Crippen LogP contribution is 2.18. The Kier molecular flexibility index (Phi) is 12.0. The van der Waals surface area contributed by atoms with E-state index in [-0.39, 0.29) is 35.8 Å². The maximum atomic E-state index is 13.1. The highest BCUT2D eigenvalue weighted by Gasteiger charge is 2.14. The van der Waals surface area contributed by atoms with Crippen molar-refractivity contribution in [3.05, 3.63) is 35.6 Å². The van der Waals surface area contributed by atoms with Crippen LogP contribution in [0.4, 0.5) is 4.39 Å². The van der Waals surface area contributed by atoms with Gasteiger partial charge in [0.1, 0.15) is 5.82 Å². The van der Waals surface area contributed by atoms with Crippen molar-refractivity contribution >= 4 is 29.9 Å². The van der Waals surface area contributed by atoms with Crippen LogP contribution in [0.25, 0.3) is 0 Å². The maximum Gasteiger partial charge on any atom is 0.191 e. The van der Waals surface area contributed by atoms with Gasteiger partial charge in [0.15, 0.2) is 5.96 Å². The van der Waals surface area contributed by atoms with Crippen molar-refractivity contribution in [2.24, 2.45) is 4.99 Å². The summed E-state index contributed by atoms with van der Waals surface area (Å²) in [6.45, 7) is 6.61. The van der Waals surface area contributed by atoms with E-state index in [1.54, 1.807) is 0 Å². The molecule has 1 aromatic carbocycles. The fourth-order valence-corrected chi connectivity index (χ4v) is 2.15. The molecule has 23 heavy (non-hydrogen) atoms. The van der Waals surface area contributed by atoms with E-state index in [4.69, 9.17) is 0 Å². The monoisotopic (exact) mass is 436 g/mol. The number of guanidine groups is 1. The van der Waals surface area contributed by atoms with E-state index in [1.165, 1.54) is 12.1 Å². The lowest BCUT2D eigenvalue weighted by atomic mass is 10.1. The average Bonchev–Trinajstić information content (AvgIpc) is 2.49. The summed E-state index contributed by atoms with van der Waals surface area (Å²) in [6, 6.07) is 6.78. The Bertz CT molecular complexity index is 448. The van der Waals surface area contributed by atoms with Crippen molar-refractivity contribution in [2.45, 2.75) is 32.7 Å². The van der Waals surface area contributed by atoms with Gasteiger partial charge in [-0.1, -0.05) is 25.5 Å². The predicted octanol–water partition coefficient (Wildman–Crippen LogP) is 3.40. The fraction of sp³-hybridized carbons (Fsp3) is 0.588. The molecule has 4 nitrogen and oxygen atoms in total. The molecule has 0 spiro atoms. The number of nitrogens with zero attached hydrogens (tertiary/aromatic N) is 2. The fourth-order valence-electron chi connectivity index (χ4n) is 2.15. The van der Waals surface area contributed by atoms with Crippen LogP contribution in [0.15, 0.2) is 29.3 Å². The number of benzene rings is 1. The first-order valence-electron chi connectivity index (χ1n) is 8.02. The van der Waals surface area contributed by atoms with Gasteiger partial charge in [0, 0.05) is 13.1 Å². The minimum Gasteiger partial charge on any atom is -0.357 e. The molecule has 0 aliphatic carbocycles. The molecule has 132 valence electrons. The molecule has 2 N–H and O–H groups in total. The zero-order valence-corrected chi connectivity index (χ0v) is 16.9. The predicted molar refractivity (Wildman–Crippen MR) is 107 cm³/mol. The molecule has 1 rings (SSSR count). The van der Waals surface area contributed by atoms with Crippen molar-refractivity contribution < 1.29 is 4.39 Å². The molecule has 0 aliphatic heterocycles. The van der Waals surface area contributed by atoms with Crippen LogP contribution in [0, 0.1) is 5.82 Å². The van der Waals surface area contributed by atoms with Crippen molar-refractivity contribution in [2.75, 3.05) is 33.7 Å². The number of hydrogen-bond acceptors (Lipinski definition) is 2. The van der Waals surface area contributed by atoms with E-state index in [1.807, 2.05) is 26.2 Å². The molecule has 0 saturated heterocycles. The molecule has 0 saturated carbocycles. The van der Waals surface area contributed by atoms with Gasteiger partial charge in [-0.25, -0.2) is 4.39 Å². The molecule has 0 heterocycles. The molecule has 1 atom stereocenters. The lowest BCUT2D eigenvalue weighted by Crippen LogP contribution is -2.38. The van der Waals surface area contributed by atoms with Gasteiger partial charge >= 0.3 is 0 Å². The van der Waals surface area contributed by atoms with Crippen LogP contribution in [-0.2, 0) is 0 Å². The van der Waals surface area contributed by atoms with Gasteiger partial charge in [0.05, 0.1) is 12.6 Å². The lowest BCUT2D eigenvalue weighted by Gasteiger charge is -2.23. The highest BCUT2D eigenvalue weighted by molar-refractivity contribution is 14.0. The molecule has 0 aromatic heterocycles. The van der Waals surface area contributed by atoms with Crippen molar-refractivity contribution in [3.8, 4) is 0 Å². The summed E-state index contributed by atoms with van der Waals surface area (Å²) < 4.78 is 13.1. The Morgan fingerprint density at radius 1 is 1.17 bits per heavy atom. The Morgan fingerprint density at radius 3 is 2.35 bits per heavy atom. The number of rotatable bonds is 8. The van der Waals surface area contributed by atoms with Crippen LogP contribution in [0.3, 0.4) is 0 Å². The molecule has 0 aliphatic rings. The van der Waals surface area contributed by atoms with Gasteiger partial charge in [-0.05, 0) is 45.1 Å². The SMILES string of the molecule is CCCCNC(=NCC(c1ccc(F)cc1)N(C)C)NCC.I. The van der Waals surface area contributed by atoms with E-state index in [0.717, 1.165) is 37.5 Å². The van der Waals surface area contributed by atoms with E-state index in [9.17, 15) is 4.39 Å². The highest BCUT2D eigenvalue weighted by atomic mass is 127. The molecular weight excluding hydrogens is 406 g/mol. The largest absolute Gasteiger partial charge is 0.357 e. The van der Waals surface area contributed by atoms with E-state index < -0.39 is 0 Å². The Hall–Kier alpha value is -0.890. The van der Waals surface area contributed by atoms with Crippen molar-refractivity contribution in [3.63, 3.8) is 0 Å².